The third-order valence-corrected chi connectivity index (χ3v) is 9.52. The van der Waals surface area contributed by atoms with Crippen LogP contribution in [-0.2, 0) is 28.7 Å². The number of primary amides is 1. The quantitative estimate of drug-likeness (QED) is 0.343. The Morgan fingerprint density at radius 3 is 2.35 bits per heavy atom. The van der Waals surface area contributed by atoms with E-state index in [4.69, 9.17) is 10.5 Å². The molecule has 4 aliphatic carbocycles. The van der Waals surface area contributed by atoms with Crippen LogP contribution in [0.25, 0.3) is 0 Å². The van der Waals surface area contributed by atoms with Gasteiger partial charge in [0, 0.05) is 12.3 Å². The maximum absolute atomic E-state index is 14.2. The van der Waals surface area contributed by atoms with Crippen molar-refractivity contribution in [1.82, 2.24) is 4.90 Å². The molecular weight excluding hydrogens is 520 g/mol. The van der Waals surface area contributed by atoms with Crippen molar-refractivity contribution in [3.63, 3.8) is 0 Å². The lowest BCUT2D eigenvalue weighted by Crippen LogP contribution is -2.78. The summed E-state index contributed by atoms with van der Waals surface area (Å²) in [6.07, 6.45) is 2.31. The monoisotopic (exact) mass is 554 g/mol. The van der Waals surface area contributed by atoms with Gasteiger partial charge in [-0.2, -0.15) is 0 Å². The minimum absolute atomic E-state index is 0.0745. The molecule has 1 aromatic carbocycles. The number of fused-ring (bicyclic) bond motifs is 3. The van der Waals surface area contributed by atoms with Crippen molar-refractivity contribution in [1.29, 1.82) is 0 Å². The summed E-state index contributed by atoms with van der Waals surface area (Å²) in [6, 6.07) is 3.07. The van der Waals surface area contributed by atoms with Crippen molar-refractivity contribution in [2.75, 3.05) is 14.1 Å². The van der Waals surface area contributed by atoms with Gasteiger partial charge in [-0.15, -0.1) is 0 Å². The highest BCUT2D eigenvalue weighted by molar-refractivity contribution is 6.32. The van der Waals surface area contributed by atoms with Crippen LogP contribution in [0, 0.1) is 29.6 Å². The van der Waals surface area contributed by atoms with Gasteiger partial charge in [-0.05, 0) is 50.4 Å². The summed E-state index contributed by atoms with van der Waals surface area (Å²) < 4.78 is 6.03. The molecule has 1 aromatic rings. The van der Waals surface area contributed by atoms with Crippen molar-refractivity contribution in [2.45, 2.75) is 62.7 Å². The minimum atomic E-state index is -3.01. The number of carbonyl (C=O) groups is 6. The normalized spacial score (nSPS) is 35.8. The number of nitrogens with zero attached hydrogens (tertiary/aromatic N) is 1. The van der Waals surface area contributed by atoms with Gasteiger partial charge in [0.05, 0.1) is 23.4 Å². The molecule has 0 heterocycles. The molecule has 0 spiro atoms. The molecule has 3 saturated carbocycles. The number of phenolic OH excluding ortho intramolecular Hbond substituents is 1. The van der Waals surface area contributed by atoms with E-state index in [1.807, 2.05) is 0 Å². The number of carbonyl (C=O) groups excluding carboxylic acids is 6. The predicted octanol–water partition coefficient (Wildman–Crippen LogP) is 0.530. The molecule has 3 unspecified atom stereocenters. The smallest absolute Gasteiger partial charge is 0.306 e. The topological polar surface area (TPSA) is 181 Å². The zero-order valence-corrected chi connectivity index (χ0v) is 22.7. The lowest BCUT2D eigenvalue weighted by molar-refractivity contribution is -0.206. The molecule has 11 heteroatoms. The number of likely N-dealkylation sites (N-methyl/N-ethyl adjacent to an activating group) is 1. The Bertz CT molecular complexity index is 1320. The fraction of sp³-hybridized carbons (Fsp3) is 0.586. The SMILES string of the molecule is C[C@H]1c2cccc(O)c2C(=O)C2C(=O)[C@]3(O)C(=O)C(C(N)=O)C(=O)C(N(C)C)[C@@H]3[C@@H](OC(=O)CC3CCCC3)[C@@H]21. The summed E-state index contributed by atoms with van der Waals surface area (Å²) in [5, 5.41) is 22.6. The second kappa shape index (κ2) is 9.88. The summed E-state index contributed by atoms with van der Waals surface area (Å²) in [7, 11) is 2.96. The van der Waals surface area contributed by atoms with Gasteiger partial charge in [-0.1, -0.05) is 31.9 Å². The number of aliphatic hydroxyl groups is 1. The first kappa shape index (κ1) is 28.1. The van der Waals surface area contributed by atoms with Crippen molar-refractivity contribution >= 4 is 35.0 Å². The van der Waals surface area contributed by atoms with Crippen molar-refractivity contribution in [2.24, 2.45) is 35.3 Å². The number of ketones is 4. The van der Waals surface area contributed by atoms with Crippen LogP contribution in [0.15, 0.2) is 18.2 Å². The number of hydrogen-bond donors (Lipinski definition) is 3. The lowest BCUT2D eigenvalue weighted by atomic mass is 9.49. The number of benzene rings is 1. The fourth-order valence-electron chi connectivity index (χ4n) is 7.72. The summed E-state index contributed by atoms with van der Waals surface area (Å²) >= 11 is 0. The molecule has 3 fully saturated rings. The van der Waals surface area contributed by atoms with E-state index < -0.39 is 82.3 Å². The van der Waals surface area contributed by atoms with Gasteiger partial charge in [-0.25, -0.2) is 0 Å². The van der Waals surface area contributed by atoms with Crippen LogP contribution in [0.3, 0.4) is 0 Å². The Morgan fingerprint density at radius 2 is 1.75 bits per heavy atom. The summed E-state index contributed by atoms with van der Waals surface area (Å²) in [5.74, 6) is -13.6. The number of esters is 1. The zero-order chi connectivity index (χ0) is 29.3. The second-order valence-electron chi connectivity index (χ2n) is 11.9. The molecule has 4 aliphatic rings. The average Bonchev–Trinajstić information content (AvgIpc) is 3.38. The van der Waals surface area contributed by atoms with Crippen molar-refractivity contribution < 1.29 is 43.7 Å². The van der Waals surface area contributed by atoms with Crippen LogP contribution in [0.2, 0.25) is 0 Å². The Labute approximate surface area is 231 Å². The van der Waals surface area contributed by atoms with E-state index in [1.54, 1.807) is 19.1 Å². The molecular formula is C29H34N2O9. The van der Waals surface area contributed by atoms with Gasteiger partial charge < -0.3 is 20.7 Å². The zero-order valence-electron chi connectivity index (χ0n) is 22.7. The molecule has 1 amide bonds. The van der Waals surface area contributed by atoms with Crippen LogP contribution in [0.4, 0.5) is 0 Å². The van der Waals surface area contributed by atoms with E-state index in [0.717, 1.165) is 25.7 Å². The van der Waals surface area contributed by atoms with Crippen molar-refractivity contribution in [3.05, 3.63) is 29.3 Å². The number of nitrogens with two attached hydrogens (primary N) is 1. The van der Waals surface area contributed by atoms with Crippen LogP contribution in [0.5, 0.6) is 5.75 Å². The second-order valence-corrected chi connectivity index (χ2v) is 11.9. The Morgan fingerprint density at radius 1 is 1.10 bits per heavy atom. The Hall–Kier alpha value is -3.44. The fourth-order valence-corrected chi connectivity index (χ4v) is 7.72. The van der Waals surface area contributed by atoms with E-state index in [1.165, 1.54) is 25.1 Å². The number of ether oxygens (including phenoxy) is 1. The first-order chi connectivity index (χ1) is 18.8. The number of phenols is 1. The average molecular weight is 555 g/mol. The van der Waals surface area contributed by atoms with E-state index in [2.05, 4.69) is 0 Å². The molecule has 0 aromatic heterocycles. The van der Waals surface area contributed by atoms with E-state index in [-0.39, 0.29) is 23.7 Å². The number of hydrogen-bond acceptors (Lipinski definition) is 10. The number of rotatable bonds is 5. The molecule has 4 N–H and O–H groups in total. The maximum atomic E-state index is 14.2. The molecule has 5 rings (SSSR count). The lowest BCUT2D eigenvalue weighted by Gasteiger charge is -2.56. The van der Waals surface area contributed by atoms with Crippen molar-refractivity contribution in [3.8, 4) is 5.75 Å². The number of amides is 1. The van der Waals surface area contributed by atoms with E-state index >= 15 is 0 Å². The van der Waals surface area contributed by atoms with Gasteiger partial charge in [-0.3, -0.25) is 33.7 Å². The Balaban J connectivity index is 1.70. The van der Waals surface area contributed by atoms with Crippen LogP contribution in [-0.4, -0.2) is 82.0 Å². The van der Waals surface area contributed by atoms with Gasteiger partial charge >= 0.3 is 5.97 Å². The molecule has 0 saturated heterocycles. The summed E-state index contributed by atoms with van der Waals surface area (Å²) in [4.78, 5) is 82.2. The molecule has 40 heavy (non-hydrogen) atoms. The van der Waals surface area contributed by atoms with Crippen LogP contribution >= 0.6 is 0 Å². The molecule has 0 bridgehead atoms. The van der Waals surface area contributed by atoms with Gasteiger partial charge in [0.2, 0.25) is 5.91 Å². The molecule has 11 nitrogen and oxygen atoms in total. The predicted molar refractivity (Wildman–Crippen MR) is 138 cm³/mol. The third kappa shape index (κ3) is 3.93. The minimum Gasteiger partial charge on any atom is -0.507 e. The van der Waals surface area contributed by atoms with Gasteiger partial charge in [0.15, 0.2) is 34.7 Å². The van der Waals surface area contributed by atoms with Crippen LogP contribution in [0.1, 0.15) is 60.9 Å². The summed E-state index contributed by atoms with van der Waals surface area (Å²) in [5.41, 5.74) is 2.70. The molecule has 214 valence electrons. The number of Topliss-reactive ketones (excluding diaryl/α,β-unsaturated/α-hetero) is 4. The first-order valence-corrected chi connectivity index (χ1v) is 13.7. The van der Waals surface area contributed by atoms with E-state index in [0.29, 0.717) is 5.56 Å². The first-order valence-electron chi connectivity index (χ1n) is 13.7. The maximum Gasteiger partial charge on any atom is 0.306 e. The number of aromatic hydroxyl groups is 1. The molecule has 8 atom stereocenters. The standard InChI is InChI=1S/C29H34N2O9/c1-12-14-9-6-10-15(32)18(14)23(34)19-17(12)25(40-16(33)11-13-7-4-5-8-13)21-22(31(2)3)24(35)20(28(30)38)27(37)29(21,39)26(19)36/h6,9-10,12-13,17,19-22,25,32,39H,4-5,7-8,11H2,1-3H3,(H2,30,38)/t12-,17+,19?,20?,21+,22?,25-,29-/m0/s1. The third-order valence-electron chi connectivity index (χ3n) is 9.52. The summed E-state index contributed by atoms with van der Waals surface area (Å²) in [6.45, 7) is 1.71. The van der Waals surface area contributed by atoms with E-state index in [9.17, 15) is 39.0 Å². The molecule has 0 radical (unpaired) electrons. The Kier molecular flexibility index (Phi) is 6.94. The molecule has 0 aliphatic heterocycles. The highest BCUT2D eigenvalue weighted by atomic mass is 16.5. The largest absolute Gasteiger partial charge is 0.507 e. The van der Waals surface area contributed by atoms with Crippen LogP contribution < -0.4 is 5.73 Å². The van der Waals surface area contributed by atoms with Gasteiger partial charge in [0.25, 0.3) is 0 Å². The highest BCUT2D eigenvalue weighted by Gasteiger charge is 2.74. The highest BCUT2D eigenvalue weighted by Crippen LogP contribution is 2.55. The van der Waals surface area contributed by atoms with Gasteiger partial charge in [0.1, 0.15) is 11.9 Å².